The van der Waals surface area contributed by atoms with Crippen molar-refractivity contribution in [3.63, 3.8) is 0 Å². The molecule has 1 aromatic carbocycles. The largest absolute Gasteiger partial charge is 0.369 e. The Balaban J connectivity index is 1.93. The van der Waals surface area contributed by atoms with Gasteiger partial charge in [-0.3, -0.25) is 0 Å². The van der Waals surface area contributed by atoms with Crippen molar-refractivity contribution in [3.05, 3.63) is 46.4 Å². The number of nitrogens with zero attached hydrogens (tertiary/aromatic N) is 2. The van der Waals surface area contributed by atoms with Crippen LogP contribution in [-0.2, 0) is 13.1 Å². The summed E-state index contributed by atoms with van der Waals surface area (Å²) in [5.74, 6) is 0. The first kappa shape index (κ1) is 15.0. The molecule has 0 amide bonds. The summed E-state index contributed by atoms with van der Waals surface area (Å²) in [6.07, 6.45) is 0. The molecule has 20 heavy (non-hydrogen) atoms. The zero-order valence-corrected chi connectivity index (χ0v) is 13.5. The Bertz CT molecular complexity index is 528. The summed E-state index contributed by atoms with van der Waals surface area (Å²) >= 11 is 1.73. The van der Waals surface area contributed by atoms with Crippen LogP contribution in [0.4, 0.5) is 5.69 Å². The highest BCUT2D eigenvalue weighted by Gasteiger charge is 2.11. The zero-order chi connectivity index (χ0) is 14.6. The van der Waals surface area contributed by atoms with Gasteiger partial charge in [0.25, 0.3) is 0 Å². The van der Waals surface area contributed by atoms with E-state index in [0.29, 0.717) is 0 Å². The monoisotopic (exact) mass is 289 g/mol. The van der Waals surface area contributed by atoms with Crippen molar-refractivity contribution in [1.82, 2.24) is 10.3 Å². The van der Waals surface area contributed by atoms with E-state index in [1.54, 1.807) is 11.3 Å². The van der Waals surface area contributed by atoms with E-state index in [1.807, 2.05) is 6.07 Å². The summed E-state index contributed by atoms with van der Waals surface area (Å²) in [4.78, 5) is 6.91. The lowest BCUT2D eigenvalue weighted by Gasteiger charge is -2.19. The van der Waals surface area contributed by atoms with Crippen LogP contribution in [0.5, 0.6) is 0 Å². The predicted molar refractivity (Wildman–Crippen MR) is 87.3 cm³/mol. The van der Waals surface area contributed by atoms with Crippen LogP contribution in [0.3, 0.4) is 0 Å². The Morgan fingerprint density at radius 1 is 1.20 bits per heavy atom. The molecule has 0 bridgehead atoms. The maximum Gasteiger partial charge on any atom is 0.107 e. The second kappa shape index (κ2) is 6.37. The van der Waals surface area contributed by atoms with Gasteiger partial charge in [0.1, 0.15) is 5.01 Å². The minimum absolute atomic E-state index is 0.132. The van der Waals surface area contributed by atoms with Gasteiger partial charge in [-0.2, -0.15) is 0 Å². The summed E-state index contributed by atoms with van der Waals surface area (Å²) < 4.78 is 0. The van der Waals surface area contributed by atoms with Crippen molar-refractivity contribution in [2.45, 2.75) is 39.4 Å². The number of hydrogen-bond donors (Lipinski definition) is 1. The SMILES string of the molecule is CN(Cc1csc(CNC(C)(C)C)n1)c1ccccc1. The summed E-state index contributed by atoms with van der Waals surface area (Å²) in [5.41, 5.74) is 2.48. The first-order chi connectivity index (χ1) is 9.44. The zero-order valence-electron chi connectivity index (χ0n) is 12.7. The van der Waals surface area contributed by atoms with Gasteiger partial charge in [-0.1, -0.05) is 18.2 Å². The van der Waals surface area contributed by atoms with E-state index in [0.717, 1.165) is 23.8 Å². The first-order valence-electron chi connectivity index (χ1n) is 6.88. The highest BCUT2D eigenvalue weighted by Crippen LogP contribution is 2.17. The fraction of sp³-hybridized carbons (Fsp3) is 0.438. The lowest BCUT2D eigenvalue weighted by Crippen LogP contribution is -2.35. The molecule has 0 radical (unpaired) electrons. The summed E-state index contributed by atoms with van der Waals surface area (Å²) in [6, 6.07) is 10.4. The van der Waals surface area contributed by atoms with Gasteiger partial charge in [-0.05, 0) is 32.9 Å². The third-order valence-corrected chi connectivity index (χ3v) is 3.86. The second-order valence-corrected chi connectivity index (χ2v) is 6.97. The molecule has 0 aliphatic carbocycles. The molecule has 2 aromatic rings. The molecule has 3 nitrogen and oxygen atoms in total. The number of rotatable bonds is 5. The first-order valence-corrected chi connectivity index (χ1v) is 7.76. The molecule has 0 unspecified atom stereocenters. The quantitative estimate of drug-likeness (QED) is 0.910. The number of benzene rings is 1. The number of hydrogen-bond acceptors (Lipinski definition) is 4. The molecule has 0 saturated heterocycles. The lowest BCUT2D eigenvalue weighted by atomic mass is 10.1. The van der Waals surface area contributed by atoms with E-state index < -0.39 is 0 Å². The molecule has 1 aromatic heterocycles. The Morgan fingerprint density at radius 2 is 1.90 bits per heavy atom. The number of nitrogens with one attached hydrogen (secondary N) is 1. The van der Waals surface area contributed by atoms with Crippen molar-refractivity contribution in [3.8, 4) is 0 Å². The third-order valence-electron chi connectivity index (χ3n) is 2.97. The third kappa shape index (κ3) is 4.62. The highest BCUT2D eigenvalue weighted by atomic mass is 32.1. The molecule has 0 fully saturated rings. The normalized spacial score (nSPS) is 11.6. The second-order valence-electron chi connectivity index (χ2n) is 6.03. The van der Waals surface area contributed by atoms with Crippen LogP contribution >= 0.6 is 11.3 Å². The Labute approximate surface area is 125 Å². The van der Waals surface area contributed by atoms with Crippen molar-refractivity contribution in [1.29, 1.82) is 0 Å². The molecule has 0 atom stereocenters. The fourth-order valence-electron chi connectivity index (χ4n) is 1.86. The maximum atomic E-state index is 4.69. The summed E-state index contributed by atoms with van der Waals surface area (Å²) in [5, 5.41) is 6.77. The minimum atomic E-state index is 0.132. The smallest absolute Gasteiger partial charge is 0.107 e. The summed E-state index contributed by atoms with van der Waals surface area (Å²) in [6.45, 7) is 8.19. The van der Waals surface area contributed by atoms with E-state index in [1.165, 1.54) is 5.69 Å². The molecular formula is C16H23N3S. The van der Waals surface area contributed by atoms with Crippen LogP contribution in [0.25, 0.3) is 0 Å². The van der Waals surface area contributed by atoms with E-state index >= 15 is 0 Å². The van der Waals surface area contributed by atoms with Crippen molar-refractivity contribution in [2.75, 3.05) is 11.9 Å². The average molecular weight is 289 g/mol. The minimum Gasteiger partial charge on any atom is -0.369 e. The lowest BCUT2D eigenvalue weighted by molar-refractivity contribution is 0.423. The molecular weight excluding hydrogens is 266 g/mol. The van der Waals surface area contributed by atoms with Gasteiger partial charge in [-0.25, -0.2) is 4.98 Å². The van der Waals surface area contributed by atoms with Crippen molar-refractivity contribution < 1.29 is 0 Å². The van der Waals surface area contributed by atoms with Crippen LogP contribution < -0.4 is 10.2 Å². The van der Waals surface area contributed by atoms with Crippen LogP contribution in [0.1, 0.15) is 31.5 Å². The molecule has 0 spiro atoms. The van der Waals surface area contributed by atoms with Gasteiger partial charge in [-0.15, -0.1) is 11.3 Å². The number of aromatic nitrogens is 1. The van der Waals surface area contributed by atoms with E-state index in [9.17, 15) is 0 Å². The van der Waals surface area contributed by atoms with Gasteiger partial charge < -0.3 is 10.2 Å². The van der Waals surface area contributed by atoms with Crippen LogP contribution in [0.2, 0.25) is 0 Å². The number of para-hydroxylation sites is 1. The Morgan fingerprint density at radius 3 is 2.55 bits per heavy atom. The van der Waals surface area contributed by atoms with Crippen molar-refractivity contribution in [2.24, 2.45) is 0 Å². The molecule has 4 heteroatoms. The van der Waals surface area contributed by atoms with Gasteiger partial charge in [0.05, 0.1) is 12.2 Å². The Kier molecular flexibility index (Phi) is 4.78. The molecule has 0 aliphatic heterocycles. The van der Waals surface area contributed by atoms with E-state index in [4.69, 9.17) is 4.98 Å². The van der Waals surface area contributed by atoms with Crippen LogP contribution in [0, 0.1) is 0 Å². The van der Waals surface area contributed by atoms with E-state index in [2.05, 4.69) is 67.7 Å². The van der Waals surface area contributed by atoms with Gasteiger partial charge in [0.2, 0.25) is 0 Å². The average Bonchev–Trinajstić information content (AvgIpc) is 2.84. The topological polar surface area (TPSA) is 28.2 Å². The predicted octanol–water partition coefficient (Wildman–Crippen LogP) is 3.67. The number of thiazole rings is 1. The molecule has 1 N–H and O–H groups in total. The van der Waals surface area contributed by atoms with Crippen molar-refractivity contribution >= 4 is 17.0 Å². The Hall–Kier alpha value is -1.39. The summed E-state index contributed by atoms with van der Waals surface area (Å²) in [7, 11) is 2.10. The van der Waals surface area contributed by atoms with Gasteiger partial charge in [0.15, 0.2) is 0 Å². The molecule has 0 saturated carbocycles. The maximum absolute atomic E-state index is 4.69. The van der Waals surface area contributed by atoms with Gasteiger partial charge in [0, 0.05) is 30.2 Å². The van der Waals surface area contributed by atoms with E-state index in [-0.39, 0.29) is 5.54 Å². The fourth-order valence-corrected chi connectivity index (χ4v) is 2.59. The molecule has 2 rings (SSSR count). The standard InChI is InChI=1S/C16H23N3S/c1-16(2,3)17-10-15-18-13(12-20-15)11-19(4)14-8-6-5-7-9-14/h5-9,12,17H,10-11H2,1-4H3. The molecule has 108 valence electrons. The highest BCUT2D eigenvalue weighted by molar-refractivity contribution is 7.09. The van der Waals surface area contributed by atoms with Gasteiger partial charge >= 0.3 is 0 Å². The van der Waals surface area contributed by atoms with Crippen LogP contribution in [-0.4, -0.2) is 17.6 Å². The number of anilines is 1. The van der Waals surface area contributed by atoms with Crippen LogP contribution in [0.15, 0.2) is 35.7 Å². The molecule has 0 aliphatic rings. The molecule has 1 heterocycles.